The average Bonchev–Trinajstić information content (AvgIpc) is 3.24. The quantitative estimate of drug-likeness (QED) is 0.0156. The number of thiol groups is 1. The van der Waals surface area contributed by atoms with Gasteiger partial charge in [0.25, 0.3) is 0 Å². The molecule has 0 unspecified atom stereocenters. The Kier molecular flexibility index (Phi) is 359. The summed E-state index contributed by atoms with van der Waals surface area (Å²) in [7, 11) is 3.37. The zero-order valence-electron chi connectivity index (χ0n) is 32.9. The molecule has 0 aliphatic carbocycles. The first kappa shape index (κ1) is 101. The Morgan fingerprint density at radius 3 is 1.18 bits per heavy atom. The van der Waals surface area contributed by atoms with Crippen LogP contribution in [0.2, 0.25) is 0 Å². The van der Waals surface area contributed by atoms with Crippen LogP contribution in [-0.4, -0.2) is 127 Å². The third-order valence-electron chi connectivity index (χ3n) is 2.26. The van der Waals surface area contributed by atoms with Crippen LogP contribution < -0.4 is 40.6 Å². The summed E-state index contributed by atoms with van der Waals surface area (Å²) in [6.45, 7) is 4.26. The monoisotopic (exact) mass is 1420 g/mol. The minimum Gasteiger partial charge on any atom is -0.396 e. The van der Waals surface area contributed by atoms with Gasteiger partial charge in [-0.25, -0.2) is 0 Å². The zero-order chi connectivity index (χ0) is 46.5. The largest absolute Gasteiger partial charge is 1.00 e. The van der Waals surface area contributed by atoms with Crippen molar-refractivity contribution in [2.24, 2.45) is 36.4 Å². The van der Waals surface area contributed by atoms with Crippen molar-refractivity contribution in [1.82, 2.24) is 5.32 Å². The third-order valence-corrected chi connectivity index (χ3v) is 3.05. The van der Waals surface area contributed by atoms with E-state index < -0.39 is 0 Å². The number of halogens is 5. The van der Waals surface area contributed by atoms with Crippen molar-refractivity contribution >= 4 is 137 Å². The molecule has 57 heavy (non-hydrogen) atoms. The molecule has 0 spiro atoms. The molecule has 332 valence electrons. The number of hydrogen-bond acceptors (Lipinski definition) is 13. The number of aliphatic hydroxyl groups is 1. The zero-order valence-corrected chi connectivity index (χ0v) is 47.4. The number of likely N-dealkylation sites (N-methyl/N-ethyl adjacent to an activating group) is 1. The number of alkyl halides is 5. The molecule has 0 amide bonds. The first-order valence-corrected chi connectivity index (χ1v) is 26.1. The van der Waals surface area contributed by atoms with Crippen LogP contribution in [0.25, 0.3) is 89.1 Å². The molecule has 0 aromatic rings. The second-order valence-corrected chi connectivity index (χ2v) is 6.67. The van der Waals surface area contributed by atoms with Gasteiger partial charge in [-0.3, -0.25) is 4.91 Å². The molecule has 0 rings (SSSR count). The molecule has 28 nitrogen and oxygen atoms in total. The predicted molar refractivity (Wildman–Crippen MR) is 284 cm³/mol. The molecule has 0 bridgehead atoms. The van der Waals surface area contributed by atoms with Crippen LogP contribution in [0.15, 0.2) is 30.7 Å². The summed E-state index contributed by atoms with van der Waals surface area (Å²) in [5.74, 6) is 1.55. The summed E-state index contributed by atoms with van der Waals surface area (Å²) in [4.78, 5) is 28.1. The second-order valence-electron chi connectivity index (χ2n) is 5.24. The number of rotatable bonds is 15. The number of hydrogen-bond donors (Lipinski definition) is 5. The van der Waals surface area contributed by atoms with Crippen LogP contribution in [0.5, 0.6) is 0 Å². The van der Waals surface area contributed by atoms with Crippen molar-refractivity contribution < 1.29 is 39.4 Å². The molecule has 0 heterocycles. The molecular weight excluding hydrogens is 1360 g/mol. The van der Waals surface area contributed by atoms with Gasteiger partial charge in [-0.15, -0.1) is 5.53 Å². The summed E-state index contributed by atoms with van der Waals surface area (Å²) >= 11 is 16.2. The molecule has 0 aliphatic rings. The van der Waals surface area contributed by atoms with Gasteiger partial charge in [0.05, 0.1) is 6.61 Å². The molecule has 0 radical (unpaired) electrons. The summed E-state index contributed by atoms with van der Waals surface area (Å²) in [6.07, 6.45) is 1.98. The maximum absolute atomic E-state index is 7.93. The maximum atomic E-state index is 7.93. The van der Waals surface area contributed by atoms with Crippen molar-refractivity contribution in [2.45, 2.75) is 7.43 Å². The maximum Gasteiger partial charge on any atom is 1.00 e. The van der Waals surface area contributed by atoms with Gasteiger partial charge >= 0.3 is 29.6 Å². The second kappa shape index (κ2) is 202. The van der Waals surface area contributed by atoms with Crippen LogP contribution in [0.1, 0.15) is 7.43 Å². The van der Waals surface area contributed by atoms with Crippen LogP contribution in [0.3, 0.4) is 0 Å². The van der Waals surface area contributed by atoms with E-state index >= 15 is 0 Å². The molecule has 0 saturated carbocycles. The summed E-state index contributed by atoms with van der Waals surface area (Å²) in [6, 6.07) is 0. The van der Waals surface area contributed by atoms with Crippen molar-refractivity contribution in [3.8, 4) is 0 Å². The summed E-state index contributed by atoms with van der Waals surface area (Å²) in [5.41, 5.74) is 76.6. The molecule has 0 fully saturated rings. The van der Waals surface area contributed by atoms with Crippen molar-refractivity contribution in [2.75, 3.05) is 122 Å². The van der Waals surface area contributed by atoms with Gasteiger partial charge in [0.15, 0.2) is 0 Å². The molecule has 0 aromatic carbocycles. The fourth-order valence-electron chi connectivity index (χ4n) is 0.842. The fourth-order valence-corrected chi connectivity index (χ4v) is 1.20. The fraction of sp³-hybridized carbons (Fsp3) is 1.00. The topological polar surface area (TPSA) is 479 Å². The van der Waals surface area contributed by atoms with E-state index in [4.69, 9.17) is 66.2 Å². The van der Waals surface area contributed by atoms with E-state index in [9.17, 15) is 0 Å². The molecule has 0 atom stereocenters. The minimum atomic E-state index is -0.0654. The SMILES string of the molecule is [11CH3]I.[11CH3]I.[11CH3]I.[11CH3]I.[11CH3]I.[11CH3]NCCN=[N+]=[N-].[11CH3]OCCN=[N+]=[N-].[11CH3]SCCN=[N+]=[N-].[11CH4].[N-]=[N+]=N.[N-]=[N+]=NCCN.[N-]=[N+]=NCCO.[N-]=[N+]=NCCS.[N-]=[N+]=[N-].[Na+]. The Morgan fingerprint density at radius 2 is 0.965 bits per heavy atom. The molecule has 0 saturated heterocycles. The number of nitrogens with zero attached hydrogens (tertiary/aromatic N) is 23. The van der Waals surface area contributed by atoms with Gasteiger partial charge < -0.3 is 32.0 Å². The first-order chi connectivity index (χ1) is 26.8. The third kappa shape index (κ3) is 375. The molecule has 0 aliphatic heterocycles. The van der Waals surface area contributed by atoms with E-state index in [0.29, 0.717) is 51.6 Å². The van der Waals surface area contributed by atoms with Crippen LogP contribution >= 0.6 is 137 Å². The van der Waals surface area contributed by atoms with Crippen LogP contribution in [-0.2, 0) is 4.74 Å². The average molecular weight is 1420 g/mol. The standard InChI is InChI=1S/C3H8N4.C3H7N3O.C3H7N3S.C2H6N4.C2H5N3O.C2H5N3S.5CH3I.CH4.HN3.N3.Na/c1-5-2-3-6-7-4;2*1-7-3-2-5-6-4;3-1-2-5-6-4;2*3-5-4-1-2-6;5*1-2;;2*1-3-2;/h5H,2-3H2,1H3;2*2-3H2,1H3;1-3H2;2*6H,1-2H2;5*1H3;1H4;1H;;/q;;;;;;;;;;;;;-1;+1/i3*1-1;;;;6*1-1;;;. The number of nitrogens with two attached hydrogens (primary N) is 1. The van der Waals surface area contributed by atoms with E-state index in [1.54, 1.807) is 23.8 Å². The van der Waals surface area contributed by atoms with Crippen LogP contribution in [0.4, 0.5) is 0 Å². The van der Waals surface area contributed by atoms with Crippen molar-refractivity contribution in [3.05, 3.63) is 89.1 Å². The first-order valence-electron chi connectivity index (χ1n) is 13.3. The van der Waals surface area contributed by atoms with E-state index in [1.807, 2.05) is 38.0 Å². The van der Waals surface area contributed by atoms with Gasteiger partial charge in [-0.1, -0.05) is 151 Å². The number of nitrogens with one attached hydrogen (secondary N) is 2. The van der Waals surface area contributed by atoms with Crippen molar-refractivity contribution in [1.29, 1.82) is 5.53 Å². The number of thioether (sulfide) groups is 1. The van der Waals surface area contributed by atoms with Crippen LogP contribution in [0, 0.1) is 5.53 Å². The Labute approximate surface area is 437 Å². The molecular formula is C21H58I5N26NaO2S2. The van der Waals surface area contributed by atoms with E-state index in [-0.39, 0.29) is 50.1 Å². The summed E-state index contributed by atoms with van der Waals surface area (Å²) in [5, 5.41) is 29.9. The molecule has 36 heteroatoms. The number of azide groups is 6. The Hall–Kier alpha value is -0.330. The number of ether oxygens (including phenoxy) is 1. The van der Waals surface area contributed by atoms with Gasteiger partial charge in [0.2, 0.25) is 0 Å². The van der Waals surface area contributed by atoms with Gasteiger partial charge in [-0.2, -0.15) is 24.4 Å². The normalized spacial score (nSPS) is 5.75. The Bertz CT molecular complexity index is 845. The minimum absolute atomic E-state index is 0. The smallest absolute Gasteiger partial charge is 0.396 e. The van der Waals surface area contributed by atoms with E-state index in [1.165, 1.54) is 4.91 Å². The van der Waals surface area contributed by atoms with Gasteiger partial charge in [-0.05, 0) is 99.6 Å². The summed E-state index contributed by atoms with van der Waals surface area (Å²) < 4.78 is 4.58. The van der Waals surface area contributed by atoms with Crippen molar-refractivity contribution in [3.63, 3.8) is 0 Å². The van der Waals surface area contributed by atoms with E-state index in [0.717, 1.165) is 12.3 Å². The van der Waals surface area contributed by atoms with Gasteiger partial charge in [0.1, 0.15) is 0 Å². The van der Waals surface area contributed by atoms with Gasteiger partial charge in [0, 0.05) is 89.0 Å². The predicted octanol–water partition coefficient (Wildman–Crippen LogP) is 9.53. The molecule has 5 N–H and O–H groups in total. The number of methoxy groups -OCH3 is 1. The Morgan fingerprint density at radius 1 is 0.667 bits per heavy atom. The van der Waals surface area contributed by atoms with E-state index in [2.05, 4.69) is 196 Å². The number of aliphatic hydroxyl groups excluding tert-OH is 1. The molecule has 0 aromatic heterocycles. The Balaban J connectivity index is -0.0000000265.